The van der Waals surface area contributed by atoms with Crippen LogP contribution in [0.15, 0.2) is 66.0 Å². The number of carbonyl (C=O) groups excluding carboxylic acids is 2. The highest BCUT2D eigenvalue weighted by atomic mass is 32.1. The summed E-state index contributed by atoms with van der Waals surface area (Å²) >= 11 is 1.44. The number of anilines is 1. The minimum atomic E-state index is -0.0245. The first-order chi connectivity index (χ1) is 15.6. The number of aryl methyl sites for hydroxylation is 1. The number of nitrogens with zero attached hydrogens (tertiary/aromatic N) is 1. The number of ether oxygens (including phenoxy) is 1. The molecule has 0 aliphatic carbocycles. The van der Waals surface area contributed by atoms with Gasteiger partial charge in [0.15, 0.2) is 0 Å². The highest BCUT2D eigenvalue weighted by molar-refractivity contribution is 7.12. The third-order valence-electron chi connectivity index (χ3n) is 5.56. The molecule has 4 rings (SSSR count). The molecule has 5 nitrogen and oxygen atoms in total. The van der Waals surface area contributed by atoms with Crippen LogP contribution < -0.4 is 10.2 Å². The summed E-state index contributed by atoms with van der Waals surface area (Å²) in [6.07, 6.45) is 2.51. The van der Waals surface area contributed by atoms with Crippen molar-refractivity contribution >= 4 is 28.8 Å². The van der Waals surface area contributed by atoms with Gasteiger partial charge in [0.05, 0.1) is 23.9 Å². The number of hydrogen-bond donors (Lipinski definition) is 1. The third-order valence-corrected chi connectivity index (χ3v) is 6.42. The van der Waals surface area contributed by atoms with Crippen LogP contribution in [0.4, 0.5) is 5.69 Å². The van der Waals surface area contributed by atoms with E-state index in [2.05, 4.69) is 11.4 Å². The summed E-state index contributed by atoms with van der Waals surface area (Å²) in [7, 11) is 0. The maximum absolute atomic E-state index is 13.2. The first-order valence-electron chi connectivity index (χ1n) is 11.0. The van der Waals surface area contributed by atoms with Gasteiger partial charge in [-0.1, -0.05) is 48.0 Å². The number of amides is 2. The fourth-order valence-corrected chi connectivity index (χ4v) is 4.55. The van der Waals surface area contributed by atoms with Crippen LogP contribution in [0.3, 0.4) is 0 Å². The molecule has 1 aliphatic heterocycles. The molecule has 166 valence electrons. The van der Waals surface area contributed by atoms with Crippen molar-refractivity contribution < 1.29 is 14.3 Å². The Hall–Kier alpha value is -2.96. The summed E-state index contributed by atoms with van der Waals surface area (Å²) < 4.78 is 5.55. The van der Waals surface area contributed by atoms with Crippen molar-refractivity contribution in [1.29, 1.82) is 0 Å². The molecule has 6 heteroatoms. The average molecular weight is 449 g/mol. The number of hydrogen-bond acceptors (Lipinski definition) is 4. The maximum Gasteiger partial charge on any atom is 0.268 e. The predicted octanol–water partition coefficient (Wildman–Crippen LogP) is 4.74. The molecule has 32 heavy (non-hydrogen) atoms. The molecule has 1 saturated heterocycles. The zero-order valence-corrected chi connectivity index (χ0v) is 19.1. The molecule has 1 aromatic heterocycles. The van der Waals surface area contributed by atoms with Crippen LogP contribution in [-0.4, -0.2) is 31.1 Å². The second-order valence-electron chi connectivity index (χ2n) is 8.14. The summed E-state index contributed by atoms with van der Waals surface area (Å²) in [5.74, 6) is -0.0388. The second-order valence-corrected chi connectivity index (χ2v) is 9.09. The summed E-state index contributed by atoms with van der Waals surface area (Å²) in [4.78, 5) is 28.0. The molecule has 3 aromatic rings. The molecular formula is C26H28N2O3S. The lowest BCUT2D eigenvalue weighted by molar-refractivity contribution is -0.120. The van der Waals surface area contributed by atoms with E-state index in [1.165, 1.54) is 11.3 Å². The smallest absolute Gasteiger partial charge is 0.268 e. The van der Waals surface area contributed by atoms with E-state index in [4.69, 9.17) is 4.74 Å². The van der Waals surface area contributed by atoms with E-state index in [1.807, 2.05) is 66.9 Å². The number of nitrogens with one attached hydrogen (secondary N) is 1. The Morgan fingerprint density at radius 1 is 1.09 bits per heavy atom. The molecule has 1 N–H and O–H groups in total. The lowest BCUT2D eigenvalue weighted by atomic mass is 10.1. The van der Waals surface area contributed by atoms with Gasteiger partial charge >= 0.3 is 0 Å². The molecule has 1 atom stereocenters. The molecule has 2 aromatic carbocycles. The Kier molecular flexibility index (Phi) is 7.35. The van der Waals surface area contributed by atoms with Crippen molar-refractivity contribution in [2.75, 3.05) is 18.1 Å². The molecule has 1 aliphatic rings. The van der Waals surface area contributed by atoms with Crippen LogP contribution in [0.2, 0.25) is 0 Å². The lowest BCUT2D eigenvalue weighted by Crippen LogP contribution is -2.32. The van der Waals surface area contributed by atoms with E-state index in [0.29, 0.717) is 24.4 Å². The number of thiophene rings is 1. The standard InChI is InChI=1S/C26H28N2O3S/c1-19-5-2-6-21(15-19)18-28(26(30)24-8-4-14-32-24)22-11-9-20(10-12-22)16-25(29)27-17-23-7-3-13-31-23/h2,4-6,8-12,14-15,23H,3,7,13,16-18H2,1H3,(H,27,29). The van der Waals surface area contributed by atoms with Gasteiger partial charge in [-0.15, -0.1) is 11.3 Å². The van der Waals surface area contributed by atoms with Crippen molar-refractivity contribution in [2.24, 2.45) is 0 Å². The highest BCUT2D eigenvalue weighted by Crippen LogP contribution is 2.23. The van der Waals surface area contributed by atoms with E-state index in [0.717, 1.165) is 41.8 Å². The fraction of sp³-hybridized carbons (Fsp3) is 0.308. The van der Waals surface area contributed by atoms with Gasteiger partial charge in [-0.2, -0.15) is 0 Å². The van der Waals surface area contributed by atoms with Crippen molar-refractivity contribution in [3.63, 3.8) is 0 Å². The Morgan fingerprint density at radius 3 is 2.62 bits per heavy atom. The summed E-state index contributed by atoms with van der Waals surface area (Å²) in [6, 6.07) is 19.6. The van der Waals surface area contributed by atoms with Crippen molar-refractivity contribution in [2.45, 2.75) is 38.8 Å². The summed E-state index contributed by atoms with van der Waals surface area (Å²) in [5, 5.41) is 4.87. The zero-order valence-electron chi connectivity index (χ0n) is 18.3. The Morgan fingerprint density at radius 2 is 1.94 bits per heavy atom. The largest absolute Gasteiger partial charge is 0.376 e. The second kappa shape index (κ2) is 10.6. The van der Waals surface area contributed by atoms with Gasteiger partial charge in [0.2, 0.25) is 5.91 Å². The first-order valence-corrected chi connectivity index (χ1v) is 11.8. The summed E-state index contributed by atoms with van der Waals surface area (Å²) in [5.41, 5.74) is 3.97. The minimum Gasteiger partial charge on any atom is -0.376 e. The third kappa shape index (κ3) is 5.84. The highest BCUT2D eigenvalue weighted by Gasteiger charge is 2.20. The normalized spacial score (nSPS) is 15.5. The molecule has 0 radical (unpaired) electrons. The van der Waals surface area contributed by atoms with Crippen LogP contribution in [0, 0.1) is 6.92 Å². The monoisotopic (exact) mass is 448 g/mol. The average Bonchev–Trinajstić information content (AvgIpc) is 3.51. The van der Waals surface area contributed by atoms with Crippen LogP contribution in [0.5, 0.6) is 0 Å². The van der Waals surface area contributed by atoms with Crippen LogP contribution in [-0.2, 0) is 22.5 Å². The molecule has 0 saturated carbocycles. The van der Waals surface area contributed by atoms with Gasteiger partial charge in [-0.05, 0) is 54.5 Å². The van der Waals surface area contributed by atoms with E-state index >= 15 is 0 Å². The SMILES string of the molecule is Cc1cccc(CN(C(=O)c2cccs2)c2ccc(CC(=O)NCC3CCCO3)cc2)c1. The molecule has 2 heterocycles. The molecule has 1 unspecified atom stereocenters. The van der Waals surface area contributed by atoms with Crippen LogP contribution in [0.1, 0.15) is 39.2 Å². The Balaban J connectivity index is 1.45. The maximum atomic E-state index is 13.2. The van der Waals surface area contributed by atoms with Crippen LogP contribution in [0.25, 0.3) is 0 Å². The fourth-order valence-electron chi connectivity index (χ4n) is 3.88. The molecular weight excluding hydrogens is 420 g/mol. The predicted molar refractivity (Wildman–Crippen MR) is 128 cm³/mol. The van der Waals surface area contributed by atoms with Gasteiger partial charge in [0.25, 0.3) is 5.91 Å². The topological polar surface area (TPSA) is 58.6 Å². The van der Waals surface area contributed by atoms with Gasteiger partial charge in [0, 0.05) is 18.8 Å². The van der Waals surface area contributed by atoms with Crippen molar-refractivity contribution in [3.8, 4) is 0 Å². The van der Waals surface area contributed by atoms with Crippen molar-refractivity contribution in [3.05, 3.63) is 87.6 Å². The molecule has 2 amide bonds. The minimum absolute atomic E-state index is 0.0143. The number of benzene rings is 2. The first kappa shape index (κ1) is 22.2. The van der Waals surface area contributed by atoms with Crippen LogP contribution >= 0.6 is 11.3 Å². The quantitative estimate of drug-likeness (QED) is 0.541. The summed E-state index contributed by atoms with van der Waals surface area (Å²) in [6.45, 7) is 3.88. The lowest BCUT2D eigenvalue weighted by Gasteiger charge is -2.23. The van der Waals surface area contributed by atoms with Crippen molar-refractivity contribution in [1.82, 2.24) is 5.32 Å². The van der Waals surface area contributed by atoms with E-state index in [9.17, 15) is 9.59 Å². The number of carbonyl (C=O) groups is 2. The van der Waals surface area contributed by atoms with E-state index in [1.54, 1.807) is 4.90 Å². The zero-order chi connectivity index (χ0) is 22.3. The van der Waals surface area contributed by atoms with Gasteiger partial charge < -0.3 is 15.0 Å². The number of rotatable bonds is 8. The van der Waals surface area contributed by atoms with Gasteiger partial charge in [-0.3, -0.25) is 9.59 Å². The molecule has 1 fully saturated rings. The van der Waals surface area contributed by atoms with Gasteiger partial charge in [0.1, 0.15) is 0 Å². The van der Waals surface area contributed by atoms with Gasteiger partial charge in [-0.25, -0.2) is 0 Å². The Labute approximate surface area is 193 Å². The van der Waals surface area contributed by atoms with E-state index in [-0.39, 0.29) is 17.9 Å². The molecule has 0 spiro atoms. The molecule has 0 bridgehead atoms. The Bertz CT molecular complexity index is 1040. The van der Waals surface area contributed by atoms with E-state index < -0.39 is 0 Å².